The number of aromatic nitrogens is 2. The summed E-state index contributed by atoms with van der Waals surface area (Å²) in [6.07, 6.45) is 2.30. The molecule has 1 aromatic carbocycles. The van der Waals surface area contributed by atoms with Crippen molar-refractivity contribution in [1.82, 2.24) is 15.1 Å². The molecule has 2 aromatic rings. The lowest BCUT2D eigenvalue weighted by atomic mass is 9.99. The molecule has 1 atom stereocenters. The highest BCUT2D eigenvalue weighted by molar-refractivity contribution is 5.69. The Labute approximate surface area is 112 Å². The first-order chi connectivity index (χ1) is 9.16. The van der Waals surface area contributed by atoms with E-state index in [1.165, 1.54) is 18.6 Å². The fraction of sp³-hybridized carbons (Fsp3) is 0.400. The maximum atomic E-state index is 13.1. The van der Waals surface area contributed by atoms with E-state index in [2.05, 4.69) is 17.3 Å². The third kappa shape index (κ3) is 2.16. The summed E-state index contributed by atoms with van der Waals surface area (Å²) >= 11 is 0. The van der Waals surface area contributed by atoms with Crippen molar-refractivity contribution in [1.29, 1.82) is 0 Å². The molecule has 0 spiro atoms. The number of hydrogen-bond acceptors (Lipinski definition) is 2. The number of rotatable bonds is 2. The highest BCUT2D eigenvalue weighted by atomic mass is 19.1. The number of nitrogens with one attached hydrogen (secondary N) is 1. The van der Waals surface area contributed by atoms with E-state index in [0.717, 1.165) is 35.5 Å². The summed E-state index contributed by atoms with van der Waals surface area (Å²) in [5.41, 5.74) is 4.39. The first-order valence-corrected chi connectivity index (χ1v) is 6.69. The molecule has 1 aliphatic heterocycles. The van der Waals surface area contributed by atoms with Crippen molar-refractivity contribution < 1.29 is 4.39 Å². The molecule has 0 radical (unpaired) electrons. The second kappa shape index (κ2) is 4.78. The van der Waals surface area contributed by atoms with Crippen LogP contribution in [0.15, 0.2) is 24.3 Å². The number of halogens is 1. The van der Waals surface area contributed by atoms with Crippen molar-refractivity contribution in [3.8, 4) is 11.1 Å². The van der Waals surface area contributed by atoms with Gasteiger partial charge < -0.3 is 5.32 Å². The Morgan fingerprint density at radius 1 is 1.32 bits per heavy atom. The molecular weight excluding hydrogens is 241 g/mol. The van der Waals surface area contributed by atoms with Gasteiger partial charge in [0.15, 0.2) is 0 Å². The molecule has 1 saturated heterocycles. The molecule has 0 saturated carbocycles. The molecule has 1 aliphatic rings. The molecule has 2 heterocycles. The Morgan fingerprint density at radius 3 is 2.68 bits per heavy atom. The third-order valence-electron chi connectivity index (χ3n) is 3.88. The van der Waals surface area contributed by atoms with Crippen LogP contribution in [0.5, 0.6) is 0 Å². The molecule has 100 valence electrons. The van der Waals surface area contributed by atoms with E-state index < -0.39 is 0 Å². The van der Waals surface area contributed by atoms with Crippen LogP contribution in [-0.2, 0) is 7.05 Å². The molecule has 0 bridgehead atoms. The van der Waals surface area contributed by atoms with Gasteiger partial charge in [0.05, 0.1) is 11.7 Å². The van der Waals surface area contributed by atoms with Crippen LogP contribution >= 0.6 is 0 Å². The van der Waals surface area contributed by atoms with Crippen LogP contribution in [0.4, 0.5) is 4.39 Å². The minimum absolute atomic E-state index is 0.203. The average molecular weight is 259 g/mol. The van der Waals surface area contributed by atoms with Crippen molar-refractivity contribution in [2.24, 2.45) is 7.05 Å². The van der Waals surface area contributed by atoms with E-state index in [0.29, 0.717) is 6.04 Å². The molecule has 1 unspecified atom stereocenters. The molecule has 4 heteroatoms. The second-order valence-electron chi connectivity index (χ2n) is 5.13. The van der Waals surface area contributed by atoms with Gasteiger partial charge in [-0.3, -0.25) is 4.68 Å². The van der Waals surface area contributed by atoms with E-state index in [9.17, 15) is 4.39 Å². The van der Waals surface area contributed by atoms with E-state index >= 15 is 0 Å². The first-order valence-electron chi connectivity index (χ1n) is 6.69. The van der Waals surface area contributed by atoms with Gasteiger partial charge in [0.25, 0.3) is 0 Å². The third-order valence-corrected chi connectivity index (χ3v) is 3.88. The molecule has 3 nitrogen and oxygen atoms in total. The summed E-state index contributed by atoms with van der Waals surface area (Å²) in [5.74, 6) is -0.203. The number of aryl methyl sites for hydroxylation is 1. The van der Waals surface area contributed by atoms with Gasteiger partial charge in [0.1, 0.15) is 5.82 Å². The van der Waals surface area contributed by atoms with Gasteiger partial charge in [0.2, 0.25) is 0 Å². The molecular formula is C15H18FN3. The van der Waals surface area contributed by atoms with E-state index in [1.807, 2.05) is 23.9 Å². The Hall–Kier alpha value is -1.68. The normalized spacial score (nSPS) is 19.0. The summed E-state index contributed by atoms with van der Waals surface area (Å²) in [6, 6.07) is 7.00. The average Bonchev–Trinajstić information content (AvgIpc) is 3.01. The zero-order chi connectivity index (χ0) is 13.4. The predicted octanol–water partition coefficient (Wildman–Crippen LogP) is 2.96. The predicted molar refractivity (Wildman–Crippen MR) is 73.3 cm³/mol. The van der Waals surface area contributed by atoms with E-state index in [-0.39, 0.29) is 5.82 Å². The van der Waals surface area contributed by atoms with Crippen molar-refractivity contribution >= 4 is 0 Å². The summed E-state index contributed by atoms with van der Waals surface area (Å²) in [5, 5.41) is 8.14. The number of hydrogen-bond donors (Lipinski definition) is 1. The Kier molecular flexibility index (Phi) is 3.11. The summed E-state index contributed by atoms with van der Waals surface area (Å²) in [6.45, 7) is 3.10. The molecule has 0 amide bonds. The number of benzene rings is 1. The largest absolute Gasteiger partial charge is 0.309 e. The molecule has 1 N–H and O–H groups in total. The molecule has 3 rings (SSSR count). The van der Waals surface area contributed by atoms with Crippen molar-refractivity contribution in [2.45, 2.75) is 25.8 Å². The topological polar surface area (TPSA) is 29.9 Å². The molecule has 1 fully saturated rings. The molecule has 19 heavy (non-hydrogen) atoms. The smallest absolute Gasteiger partial charge is 0.123 e. The van der Waals surface area contributed by atoms with Gasteiger partial charge in [-0.1, -0.05) is 12.1 Å². The van der Waals surface area contributed by atoms with Gasteiger partial charge in [-0.25, -0.2) is 4.39 Å². The monoisotopic (exact) mass is 259 g/mol. The standard InChI is InChI=1S/C15H18FN3/c1-10-14(11-5-7-12(16)8-6-11)15(18-19(10)2)13-4-3-9-17-13/h5-8,13,17H,3-4,9H2,1-2H3. The SMILES string of the molecule is Cc1c(-c2ccc(F)cc2)c(C2CCCN2)nn1C. The lowest BCUT2D eigenvalue weighted by Crippen LogP contribution is -2.14. The first kappa shape index (κ1) is 12.4. The lowest BCUT2D eigenvalue weighted by Gasteiger charge is -2.10. The zero-order valence-corrected chi connectivity index (χ0v) is 11.3. The highest BCUT2D eigenvalue weighted by Gasteiger charge is 2.25. The van der Waals surface area contributed by atoms with E-state index in [1.54, 1.807) is 0 Å². The fourth-order valence-electron chi connectivity index (χ4n) is 2.77. The Bertz CT molecular complexity index is 580. The van der Waals surface area contributed by atoms with Crippen molar-refractivity contribution in [2.75, 3.05) is 6.54 Å². The maximum Gasteiger partial charge on any atom is 0.123 e. The summed E-state index contributed by atoms with van der Waals surface area (Å²) in [4.78, 5) is 0. The minimum Gasteiger partial charge on any atom is -0.309 e. The summed E-state index contributed by atoms with van der Waals surface area (Å²) < 4.78 is 15.0. The van der Waals surface area contributed by atoms with Crippen LogP contribution in [-0.4, -0.2) is 16.3 Å². The maximum absolute atomic E-state index is 13.1. The minimum atomic E-state index is -0.203. The van der Waals surface area contributed by atoms with Crippen LogP contribution < -0.4 is 5.32 Å². The fourth-order valence-corrected chi connectivity index (χ4v) is 2.77. The molecule has 1 aromatic heterocycles. The van der Waals surface area contributed by atoms with Gasteiger partial charge >= 0.3 is 0 Å². The Balaban J connectivity index is 2.10. The summed E-state index contributed by atoms with van der Waals surface area (Å²) in [7, 11) is 1.96. The van der Waals surface area contributed by atoms with Crippen molar-refractivity contribution in [3.05, 3.63) is 41.5 Å². The van der Waals surface area contributed by atoms with Crippen LogP contribution in [0.25, 0.3) is 11.1 Å². The quantitative estimate of drug-likeness (QED) is 0.898. The van der Waals surface area contributed by atoms with Gasteiger partial charge in [0, 0.05) is 18.3 Å². The van der Waals surface area contributed by atoms with E-state index in [4.69, 9.17) is 0 Å². The van der Waals surface area contributed by atoms with Gasteiger partial charge in [-0.15, -0.1) is 0 Å². The van der Waals surface area contributed by atoms with Gasteiger partial charge in [-0.05, 0) is 44.0 Å². The molecule has 0 aliphatic carbocycles. The second-order valence-corrected chi connectivity index (χ2v) is 5.13. The van der Waals surface area contributed by atoms with Crippen molar-refractivity contribution in [3.63, 3.8) is 0 Å². The van der Waals surface area contributed by atoms with Crippen LogP contribution in [0, 0.1) is 12.7 Å². The van der Waals surface area contributed by atoms with Gasteiger partial charge in [-0.2, -0.15) is 5.10 Å². The highest BCUT2D eigenvalue weighted by Crippen LogP contribution is 2.34. The lowest BCUT2D eigenvalue weighted by molar-refractivity contribution is 0.605. The van der Waals surface area contributed by atoms with Crippen LogP contribution in [0.1, 0.15) is 30.3 Å². The number of nitrogens with zero attached hydrogens (tertiary/aromatic N) is 2. The zero-order valence-electron chi connectivity index (χ0n) is 11.3. The van der Waals surface area contributed by atoms with Crippen LogP contribution in [0.2, 0.25) is 0 Å². The Morgan fingerprint density at radius 2 is 2.05 bits per heavy atom. The van der Waals surface area contributed by atoms with Crippen LogP contribution in [0.3, 0.4) is 0 Å².